The molecule has 3 N–H and O–H groups in total. The molecule has 0 bridgehead atoms. The van der Waals surface area contributed by atoms with Crippen LogP contribution >= 0.6 is 11.6 Å². The highest BCUT2D eigenvalue weighted by Crippen LogP contribution is 2.24. The van der Waals surface area contributed by atoms with Gasteiger partial charge in [0.05, 0.1) is 18.8 Å². The number of nitrogens with one attached hydrogen (secondary N) is 1. The van der Waals surface area contributed by atoms with E-state index in [9.17, 15) is 18.0 Å². The van der Waals surface area contributed by atoms with Gasteiger partial charge in [0.1, 0.15) is 10.6 Å². The second-order valence-corrected chi connectivity index (χ2v) is 6.71. The summed E-state index contributed by atoms with van der Waals surface area (Å²) in [4.78, 5) is 25.4. The Kier molecular flexibility index (Phi) is 5.79. The third kappa shape index (κ3) is 3.98. The van der Waals surface area contributed by atoms with Gasteiger partial charge in [0.25, 0.3) is 5.56 Å². The summed E-state index contributed by atoms with van der Waals surface area (Å²) in [5.41, 5.74) is 4.84. The van der Waals surface area contributed by atoms with E-state index in [-0.39, 0.29) is 40.8 Å². The summed E-state index contributed by atoms with van der Waals surface area (Å²) >= 11 is 5.48. The van der Waals surface area contributed by atoms with Gasteiger partial charge in [-0.1, -0.05) is 0 Å². The summed E-state index contributed by atoms with van der Waals surface area (Å²) in [7, 11) is -3.86. The van der Waals surface area contributed by atoms with E-state index in [1.807, 2.05) is 0 Å². The van der Waals surface area contributed by atoms with Crippen molar-refractivity contribution in [2.45, 2.75) is 25.2 Å². The van der Waals surface area contributed by atoms with Crippen molar-refractivity contribution >= 4 is 33.1 Å². The number of rotatable bonds is 6. The monoisotopic (exact) mass is 336 g/mol. The highest BCUT2D eigenvalue weighted by molar-refractivity contribution is 7.91. The van der Waals surface area contributed by atoms with Crippen LogP contribution in [0.1, 0.15) is 18.2 Å². The molecule has 0 saturated heterocycles. The quantitative estimate of drug-likeness (QED) is 0.572. The third-order valence-corrected chi connectivity index (χ3v) is 5.04. The van der Waals surface area contributed by atoms with Crippen LogP contribution in [0.3, 0.4) is 0 Å². The zero-order valence-electron chi connectivity index (χ0n) is 11.7. The van der Waals surface area contributed by atoms with E-state index in [1.165, 1.54) is 6.92 Å². The number of hydrogen-bond acceptors (Lipinski definition) is 6. The Labute approximate surface area is 127 Å². The van der Waals surface area contributed by atoms with Gasteiger partial charge in [-0.15, -0.1) is 11.6 Å². The van der Waals surface area contributed by atoms with E-state index in [1.54, 1.807) is 6.92 Å². The number of anilines is 1. The Hall–Kier alpha value is -1.54. The number of carbonyl (C=O) groups excluding carboxylic acids is 1. The number of halogens is 1. The molecule has 1 heterocycles. The van der Waals surface area contributed by atoms with Crippen LogP contribution in [0.5, 0.6) is 0 Å². The third-order valence-electron chi connectivity index (χ3n) is 2.80. The molecule has 0 atom stereocenters. The number of nitrogens with two attached hydrogens (primary N) is 1. The largest absolute Gasteiger partial charge is 0.466 e. The van der Waals surface area contributed by atoms with E-state index >= 15 is 0 Å². The second kappa shape index (κ2) is 6.95. The van der Waals surface area contributed by atoms with Crippen molar-refractivity contribution in [1.82, 2.24) is 4.98 Å². The first-order chi connectivity index (χ1) is 9.74. The number of aromatic nitrogens is 1. The number of ether oxygens (including phenoxy) is 1. The normalized spacial score (nSPS) is 11.4. The average molecular weight is 337 g/mol. The minimum Gasteiger partial charge on any atom is -0.466 e. The molecular weight excluding hydrogens is 320 g/mol. The molecule has 9 heteroatoms. The van der Waals surface area contributed by atoms with Gasteiger partial charge >= 0.3 is 5.97 Å². The lowest BCUT2D eigenvalue weighted by molar-refractivity contribution is -0.142. The summed E-state index contributed by atoms with van der Waals surface area (Å²) in [5.74, 6) is -1.13. The summed E-state index contributed by atoms with van der Waals surface area (Å²) in [6, 6.07) is 0. The van der Waals surface area contributed by atoms with Crippen molar-refractivity contribution < 1.29 is 17.9 Å². The minimum absolute atomic E-state index is 0.135. The summed E-state index contributed by atoms with van der Waals surface area (Å²) in [6.45, 7) is 3.30. The molecule has 0 aromatic carbocycles. The molecule has 0 amide bonds. The van der Waals surface area contributed by atoms with Crippen molar-refractivity contribution in [2.24, 2.45) is 0 Å². The topological polar surface area (TPSA) is 119 Å². The zero-order chi connectivity index (χ0) is 16.2. The van der Waals surface area contributed by atoms with E-state index < -0.39 is 27.1 Å². The summed E-state index contributed by atoms with van der Waals surface area (Å²) in [6.07, 6.45) is -0.294. The van der Waals surface area contributed by atoms with Gasteiger partial charge in [-0.05, 0) is 13.8 Å². The minimum atomic E-state index is -3.86. The molecule has 0 fully saturated rings. The van der Waals surface area contributed by atoms with Crippen LogP contribution < -0.4 is 11.3 Å². The number of pyridine rings is 1. The van der Waals surface area contributed by atoms with Crippen molar-refractivity contribution in [3.8, 4) is 0 Å². The first-order valence-corrected chi connectivity index (χ1v) is 8.38. The van der Waals surface area contributed by atoms with Gasteiger partial charge in [-0.2, -0.15) is 0 Å². The molecule has 1 aromatic rings. The standard InChI is InChI=1S/C12H17ClN2O5S/c1-3-20-9(16)6-8-7(2)15-12(17)10(14)11(8)21(18,19)5-4-13/h3-6,14H2,1-2H3,(H,15,17). The zero-order valence-corrected chi connectivity index (χ0v) is 13.3. The van der Waals surface area contributed by atoms with Gasteiger partial charge in [0.2, 0.25) is 0 Å². The van der Waals surface area contributed by atoms with Gasteiger partial charge in [-0.25, -0.2) is 8.42 Å². The Bertz CT molecular complexity index is 696. The van der Waals surface area contributed by atoms with Crippen molar-refractivity contribution in [3.05, 3.63) is 21.6 Å². The van der Waals surface area contributed by atoms with Gasteiger partial charge in [-0.3, -0.25) is 9.59 Å². The molecule has 7 nitrogen and oxygen atoms in total. The number of sulfone groups is 1. The second-order valence-electron chi connectivity index (χ2n) is 4.29. The maximum atomic E-state index is 12.2. The number of carbonyl (C=O) groups is 1. The van der Waals surface area contributed by atoms with Gasteiger partial charge < -0.3 is 15.5 Å². The smallest absolute Gasteiger partial charge is 0.310 e. The van der Waals surface area contributed by atoms with E-state index in [2.05, 4.69) is 4.98 Å². The Morgan fingerprint density at radius 1 is 1.43 bits per heavy atom. The number of esters is 1. The molecule has 0 spiro atoms. The average Bonchev–Trinajstić information content (AvgIpc) is 2.35. The lowest BCUT2D eigenvalue weighted by atomic mass is 10.1. The fraction of sp³-hybridized carbons (Fsp3) is 0.500. The molecule has 1 rings (SSSR count). The van der Waals surface area contributed by atoms with Crippen molar-refractivity contribution in [3.63, 3.8) is 0 Å². The van der Waals surface area contributed by atoms with Crippen LogP contribution in [0.15, 0.2) is 9.69 Å². The summed E-state index contributed by atoms with van der Waals surface area (Å²) < 4.78 is 29.3. The molecule has 1 aromatic heterocycles. The Morgan fingerprint density at radius 3 is 2.57 bits per heavy atom. The van der Waals surface area contributed by atoms with E-state index in [0.29, 0.717) is 0 Å². The van der Waals surface area contributed by atoms with E-state index in [4.69, 9.17) is 22.1 Å². The maximum Gasteiger partial charge on any atom is 0.310 e. The lowest BCUT2D eigenvalue weighted by Crippen LogP contribution is -2.24. The first-order valence-electron chi connectivity index (χ1n) is 6.20. The van der Waals surface area contributed by atoms with Gasteiger partial charge in [0.15, 0.2) is 9.84 Å². The Morgan fingerprint density at radius 2 is 2.05 bits per heavy atom. The highest BCUT2D eigenvalue weighted by atomic mass is 35.5. The predicted molar refractivity (Wildman–Crippen MR) is 79.3 cm³/mol. The molecule has 0 aliphatic carbocycles. The van der Waals surface area contributed by atoms with Crippen molar-refractivity contribution in [2.75, 3.05) is 24.0 Å². The first kappa shape index (κ1) is 17.5. The van der Waals surface area contributed by atoms with Crippen LogP contribution in [0.25, 0.3) is 0 Å². The SMILES string of the molecule is CCOC(=O)Cc1c(C)[nH]c(=O)c(N)c1S(=O)(=O)CCCl. The number of aromatic amines is 1. The molecule has 0 aliphatic rings. The number of aryl methyl sites for hydroxylation is 1. The van der Waals surface area contributed by atoms with E-state index in [0.717, 1.165) is 0 Å². The summed E-state index contributed by atoms with van der Waals surface area (Å²) in [5, 5.41) is 0. The number of nitrogen functional groups attached to an aromatic ring is 1. The molecular formula is C12H17ClN2O5S. The predicted octanol–water partition coefficient (Wildman–Crippen LogP) is 0.384. The number of alkyl halides is 1. The lowest BCUT2D eigenvalue weighted by Gasteiger charge is -2.14. The van der Waals surface area contributed by atoms with Crippen LogP contribution in [0.2, 0.25) is 0 Å². The Balaban J connectivity index is 3.52. The highest BCUT2D eigenvalue weighted by Gasteiger charge is 2.26. The van der Waals surface area contributed by atoms with Gasteiger partial charge in [0, 0.05) is 17.1 Å². The molecule has 0 radical (unpaired) electrons. The van der Waals surface area contributed by atoms with Crippen LogP contribution in [-0.2, 0) is 25.8 Å². The van der Waals surface area contributed by atoms with Crippen LogP contribution in [0.4, 0.5) is 5.69 Å². The number of hydrogen-bond donors (Lipinski definition) is 2. The molecule has 0 aliphatic heterocycles. The fourth-order valence-electron chi connectivity index (χ4n) is 1.88. The van der Waals surface area contributed by atoms with Crippen LogP contribution in [-0.4, -0.2) is 37.6 Å². The number of H-pyrrole nitrogens is 1. The molecule has 21 heavy (non-hydrogen) atoms. The van der Waals surface area contributed by atoms with Crippen LogP contribution in [0, 0.1) is 6.92 Å². The molecule has 0 unspecified atom stereocenters. The molecule has 118 valence electrons. The maximum absolute atomic E-state index is 12.2. The van der Waals surface area contributed by atoms with Crippen molar-refractivity contribution in [1.29, 1.82) is 0 Å². The fourth-order valence-corrected chi connectivity index (χ4v) is 3.92. The molecule has 0 saturated carbocycles.